The summed E-state index contributed by atoms with van der Waals surface area (Å²) in [6.45, 7) is 8.38. The summed E-state index contributed by atoms with van der Waals surface area (Å²) in [4.78, 5) is 43.7. The fraction of sp³-hybridized carbons (Fsp3) is 0.275. The molecule has 1 unspecified atom stereocenters. The Labute approximate surface area is 301 Å². The Bertz CT molecular complexity index is 1820. The zero-order valence-corrected chi connectivity index (χ0v) is 29.9. The van der Waals surface area contributed by atoms with Gasteiger partial charge in [0.15, 0.2) is 11.5 Å². The highest BCUT2D eigenvalue weighted by atomic mass is 79.9. The Morgan fingerprint density at radius 3 is 2.58 bits per heavy atom. The number of carbonyl (C=O) groups is 3. The molecule has 0 saturated carbocycles. The lowest BCUT2D eigenvalue weighted by Crippen LogP contribution is -2.51. The zero-order chi connectivity index (χ0) is 35.6. The van der Waals surface area contributed by atoms with Gasteiger partial charge in [-0.3, -0.25) is 14.4 Å². The van der Waals surface area contributed by atoms with Crippen LogP contribution in [-0.4, -0.2) is 71.2 Å². The maximum absolute atomic E-state index is 14.0. The van der Waals surface area contributed by atoms with Crippen LogP contribution in [0.5, 0.6) is 11.5 Å². The molecule has 0 bridgehead atoms. The van der Waals surface area contributed by atoms with Crippen LogP contribution in [0.15, 0.2) is 119 Å². The van der Waals surface area contributed by atoms with E-state index in [2.05, 4.69) is 27.8 Å². The fourth-order valence-corrected chi connectivity index (χ4v) is 6.21. The third-order valence-electron chi connectivity index (χ3n) is 8.72. The van der Waals surface area contributed by atoms with Crippen molar-refractivity contribution in [2.24, 2.45) is 0 Å². The van der Waals surface area contributed by atoms with Gasteiger partial charge >= 0.3 is 0 Å². The number of nitrogens with zero attached hydrogens (tertiary/aromatic N) is 2. The number of carbonyl (C=O) groups excluding carboxylic acids is 3. The Kier molecular flexibility index (Phi) is 12.5. The molecule has 0 saturated heterocycles. The molecule has 0 aromatic heterocycles. The predicted octanol–water partition coefficient (Wildman–Crippen LogP) is 6.06. The van der Waals surface area contributed by atoms with Crippen molar-refractivity contribution in [3.63, 3.8) is 0 Å². The van der Waals surface area contributed by atoms with E-state index in [1.165, 1.54) is 11.0 Å². The first-order chi connectivity index (χ1) is 24.1. The Morgan fingerprint density at radius 2 is 1.78 bits per heavy atom. The number of aliphatic hydroxyl groups excluding tert-OH is 1. The van der Waals surface area contributed by atoms with Crippen LogP contribution in [0.3, 0.4) is 0 Å². The number of rotatable bonds is 13. The van der Waals surface area contributed by atoms with E-state index in [4.69, 9.17) is 9.47 Å². The number of halogens is 1. The van der Waals surface area contributed by atoms with Gasteiger partial charge < -0.3 is 29.7 Å². The van der Waals surface area contributed by atoms with Gasteiger partial charge in [0, 0.05) is 42.3 Å². The van der Waals surface area contributed by atoms with Crippen molar-refractivity contribution in [3.05, 3.63) is 142 Å². The number of aryl methyl sites for hydroxylation is 1. The van der Waals surface area contributed by atoms with E-state index < -0.39 is 12.1 Å². The van der Waals surface area contributed by atoms with Crippen LogP contribution in [0.1, 0.15) is 40.4 Å². The molecule has 10 heteroatoms. The van der Waals surface area contributed by atoms with Crippen LogP contribution in [0, 0.1) is 6.92 Å². The first-order valence-electron chi connectivity index (χ1n) is 16.6. The molecular weight excluding hydrogens is 698 g/mol. The van der Waals surface area contributed by atoms with E-state index in [9.17, 15) is 19.5 Å². The SMILES string of the molecule is C=C1/C(C)=C/C=C\C=C\C(=O)N1CCC(=O)N(CCc1ccc2c(c1)OCO2)CC(O)[C@H](Cc1ccccc1)NC(=O)c1cc(C)ccc1Br. The minimum Gasteiger partial charge on any atom is -0.454 e. The van der Waals surface area contributed by atoms with Crippen molar-refractivity contribution < 1.29 is 29.0 Å². The Balaban J connectivity index is 1.37. The Morgan fingerprint density at radius 1 is 1.00 bits per heavy atom. The molecule has 0 fully saturated rings. The van der Waals surface area contributed by atoms with Gasteiger partial charge in [0.05, 0.1) is 17.7 Å². The van der Waals surface area contributed by atoms with E-state index in [1.807, 2.05) is 86.7 Å². The summed E-state index contributed by atoms with van der Waals surface area (Å²) < 4.78 is 11.6. The number of fused-ring (bicyclic) bond motifs is 1. The number of nitrogens with one attached hydrogen (secondary N) is 1. The second-order valence-electron chi connectivity index (χ2n) is 12.4. The summed E-state index contributed by atoms with van der Waals surface area (Å²) in [5, 5.41) is 14.9. The third-order valence-corrected chi connectivity index (χ3v) is 9.41. The minimum atomic E-state index is -1.12. The molecule has 3 aromatic carbocycles. The number of hydrogen-bond donors (Lipinski definition) is 2. The molecule has 0 spiro atoms. The van der Waals surface area contributed by atoms with Crippen molar-refractivity contribution in [1.82, 2.24) is 15.1 Å². The van der Waals surface area contributed by atoms with Crippen LogP contribution in [-0.2, 0) is 22.4 Å². The molecular formula is C40H42BrN3O6. The first-order valence-corrected chi connectivity index (χ1v) is 17.4. The van der Waals surface area contributed by atoms with Gasteiger partial charge in [-0.25, -0.2) is 0 Å². The number of ether oxygens (including phenoxy) is 2. The molecule has 9 nitrogen and oxygen atoms in total. The largest absolute Gasteiger partial charge is 0.454 e. The highest BCUT2D eigenvalue weighted by molar-refractivity contribution is 9.10. The highest BCUT2D eigenvalue weighted by Crippen LogP contribution is 2.32. The molecule has 50 heavy (non-hydrogen) atoms. The monoisotopic (exact) mass is 739 g/mol. The van der Waals surface area contributed by atoms with Crippen molar-refractivity contribution in [2.75, 3.05) is 26.4 Å². The molecule has 0 radical (unpaired) electrons. The molecule has 3 amide bonds. The number of aliphatic hydroxyl groups is 1. The maximum Gasteiger partial charge on any atom is 0.252 e. The molecule has 2 heterocycles. The summed E-state index contributed by atoms with van der Waals surface area (Å²) in [5.74, 6) is 0.445. The van der Waals surface area contributed by atoms with E-state index in [0.29, 0.717) is 40.1 Å². The summed E-state index contributed by atoms with van der Waals surface area (Å²) in [5.41, 5.74) is 4.55. The third kappa shape index (κ3) is 9.61. The first kappa shape index (κ1) is 36.4. The van der Waals surface area contributed by atoms with E-state index >= 15 is 0 Å². The standard InChI is InChI=1S/C40H42BrN3O6/c1-27-14-16-33(41)32(22-27)40(48)42-34(23-30-11-7-5-8-12-30)35(45)25-43(20-18-31-15-17-36-37(24-31)50-26-49-36)38(46)19-21-44-29(3)28(2)10-6-4-9-13-39(44)47/h4-17,22,24,34-35,45H,3,18-21,23,25-26H2,1-2H3,(H,42,48)/b6-4-,13-9+,28-10+/t34-,35?/m0/s1. The Hall–Kier alpha value is -4.93. The van der Waals surface area contributed by atoms with Gasteiger partial charge in [0.2, 0.25) is 12.7 Å². The average molecular weight is 741 g/mol. The minimum absolute atomic E-state index is 0.000875. The lowest BCUT2D eigenvalue weighted by atomic mass is 9.99. The van der Waals surface area contributed by atoms with Gasteiger partial charge in [-0.2, -0.15) is 0 Å². The highest BCUT2D eigenvalue weighted by Gasteiger charge is 2.28. The molecule has 2 aliphatic rings. The second kappa shape index (κ2) is 17.1. The normalized spacial score (nSPS) is 17.4. The van der Waals surface area contributed by atoms with Crippen molar-refractivity contribution in [3.8, 4) is 11.5 Å². The van der Waals surface area contributed by atoms with Gasteiger partial charge in [-0.05, 0) is 83.6 Å². The molecule has 2 aliphatic heterocycles. The van der Waals surface area contributed by atoms with Crippen LogP contribution < -0.4 is 14.8 Å². The smallest absolute Gasteiger partial charge is 0.252 e. The predicted molar refractivity (Wildman–Crippen MR) is 197 cm³/mol. The number of allylic oxidation sites excluding steroid dienone is 5. The van der Waals surface area contributed by atoms with Crippen molar-refractivity contribution in [2.45, 2.75) is 45.3 Å². The fourth-order valence-electron chi connectivity index (χ4n) is 5.79. The van der Waals surface area contributed by atoms with Crippen LogP contribution in [0.25, 0.3) is 0 Å². The molecule has 0 aliphatic carbocycles. The molecule has 3 aromatic rings. The topological polar surface area (TPSA) is 108 Å². The van der Waals surface area contributed by atoms with Gasteiger partial charge in [-0.1, -0.05) is 78.9 Å². The summed E-state index contributed by atoms with van der Waals surface area (Å²) in [6.07, 6.45) is 8.27. The van der Waals surface area contributed by atoms with Gasteiger partial charge in [0.1, 0.15) is 0 Å². The quantitative estimate of drug-likeness (QED) is 0.221. The molecule has 260 valence electrons. The molecule has 2 N–H and O–H groups in total. The summed E-state index contributed by atoms with van der Waals surface area (Å²) in [7, 11) is 0. The lowest BCUT2D eigenvalue weighted by Gasteiger charge is -2.31. The van der Waals surface area contributed by atoms with E-state index in [1.54, 1.807) is 23.1 Å². The van der Waals surface area contributed by atoms with Crippen LogP contribution in [0.4, 0.5) is 0 Å². The van der Waals surface area contributed by atoms with E-state index in [0.717, 1.165) is 22.3 Å². The van der Waals surface area contributed by atoms with Gasteiger partial charge in [0.25, 0.3) is 11.8 Å². The van der Waals surface area contributed by atoms with Crippen molar-refractivity contribution >= 4 is 33.7 Å². The summed E-state index contributed by atoms with van der Waals surface area (Å²) in [6, 6.07) is 20.0. The lowest BCUT2D eigenvalue weighted by molar-refractivity contribution is -0.133. The average Bonchev–Trinajstić information content (AvgIpc) is 3.60. The summed E-state index contributed by atoms with van der Waals surface area (Å²) >= 11 is 3.48. The molecule has 5 rings (SSSR count). The number of hydrogen-bond acceptors (Lipinski definition) is 6. The number of amides is 3. The van der Waals surface area contributed by atoms with Crippen LogP contribution >= 0.6 is 15.9 Å². The van der Waals surface area contributed by atoms with Crippen LogP contribution in [0.2, 0.25) is 0 Å². The van der Waals surface area contributed by atoms with E-state index in [-0.39, 0.29) is 50.6 Å². The second-order valence-corrected chi connectivity index (χ2v) is 13.2. The molecule has 2 atom stereocenters. The van der Waals surface area contributed by atoms with Crippen molar-refractivity contribution in [1.29, 1.82) is 0 Å². The number of benzene rings is 3. The maximum atomic E-state index is 14.0. The van der Waals surface area contributed by atoms with Gasteiger partial charge in [-0.15, -0.1) is 0 Å². The zero-order valence-electron chi connectivity index (χ0n) is 28.3.